The van der Waals surface area contributed by atoms with Crippen molar-refractivity contribution in [3.05, 3.63) is 57.6 Å². The summed E-state index contributed by atoms with van der Waals surface area (Å²) in [7, 11) is 1.61. The zero-order valence-electron chi connectivity index (χ0n) is 15.0. The molecule has 0 saturated heterocycles. The van der Waals surface area contributed by atoms with E-state index in [0.717, 1.165) is 22.1 Å². The van der Waals surface area contributed by atoms with Crippen LogP contribution in [0.4, 0.5) is 0 Å². The predicted molar refractivity (Wildman–Crippen MR) is 113 cm³/mol. The number of nitrogens with zero attached hydrogens (tertiary/aromatic N) is 1. The number of thiocarbonyl (C=S) groups is 1. The first-order valence-corrected chi connectivity index (χ1v) is 9.36. The van der Waals surface area contributed by atoms with E-state index in [1.807, 2.05) is 19.1 Å². The van der Waals surface area contributed by atoms with Crippen molar-refractivity contribution in [2.45, 2.75) is 20.5 Å². The fourth-order valence-corrected chi connectivity index (χ4v) is 2.75. The van der Waals surface area contributed by atoms with Gasteiger partial charge in [-0.15, -0.1) is 0 Å². The Morgan fingerprint density at radius 3 is 2.62 bits per heavy atom. The van der Waals surface area contributed by atoms with Gasteiger partial charge in [-0.05, 0) is 59.7 Å². The minimum atomic E-state index is 0.467. The van der Waals surface area contributed by atoms with Crippen LogP contribution in [-0.2, 0) is 6.61 Å². The summed E-state index contributed by atoms with van der Waals surface area (Å²) in [5, 5.41) is 7.56. The summed E-state index contributed by atoms with van der Waals surface area (Å²) < 4.78 is 12.2. The predicted octanol–water partition coefficient (Wildman–Crippen LogP) is 4.16. The fourth-order valence-electron chi connectivity index (χ4n) is 2.13. The van der Waals surface area contributed by atoms with E-state index >= 15 is 0 Å². The van der Waals surface area contributed by atoms with Gasteiger partial charge in [0, 0.05) is 16.6 Å². The maximum absolute atomic E-state index is 5.92. The lowest BCUT2D eigenvalue weighted by Crippen LogP contribution is -2.31. The van der Waals surface area contributed by atoms with Crippen molar-refractivity contribution in [1.82, 2.24) is 10.7 Å². The van der Waals surface area contributed by atoms with E-state index in [4.69, 9.17) is 21.7 Å². The largest absolute Gasteiger partial charge is 0.493 e. The Morgan fingerprint density at radius 2 is 1.96 bits per heavy atom. The normalized spacial score (nSPS) is 10.6. The molecule has 138 valence electrons. The first kappa shape index (κ1) is 20.2. The van der Waals surface area contributed by atoms with Crippen LogP contribution in [0.3, 0.4) is 0 Å². The van der Waals surface area contributed by atoms with Gasteiger partial charge in [0.25, 0.3) is 0 Å². The van der Waals surface area contributed by atoms with Gasteiger partial charge in [0.05, 0.1) is 13.3 Å². The number of nitrogens with one attached hydrogen (secondary N) is 2. The monoisotopic (exact) mass is 435 g/mol. The van der Waals surface area contributed by atoms with Crippen molar-refractivity contribution in [3.8, 4) is 11.5 Å². The van der Waals surface area contributed by atoms with Gasteiger partial charge >= 0.3 is 0 Å². The second-order valence-corrected chi connectivity index (χ2v) is 6.79. The summed E-state index contributed by atoms with van der Waals surface area (Å²) in [5.41, 5.74) is 5.92. The number of rotatable bonds is 7. The molecule has 0 unspecified atom stereocenters. The van der Waals surface area contributed by atoms with Crippen LogP contribution >= 0.6 is 28.1 Å². The van der Waals surface area contributed by atoms with Crippen LogP contribution in [-0.4, -0.2) is 25.0 Å². The van der Waals surface area contributed by atoms with Gasteiger partial charge in [0.1, 0.15) is 6.61 Å². The van der Waals surface area contributed by atoms with Crippen LogP contribution in [0.25, 0.3) is 0 Å². The summed E-state index contributed by atoms with van der Waals surface area (Å²) >= 11 is 8.61. The second-order valence-electron chi connectivity index (χ2n) is 5.53. The molecule has 0 atom stereocenters. The van der Waals surface area contributed by atoms with E-state index in [1.54, 1.807) is 13.3 Å². The fraction of sp³-hybridized carbons (Fsp3) is 0.263. The van der Waals surface area contributed by atoms with Crippen LogP contribution in [0.2, 0.25) is 0 Å². The highest BCUT2D eigenvalue weighted by Crippen LogP contribution is 2.33. The van der Waals surface area contributed by atoms with Crippen molar-refractivity contribution in [2.24, 2.45) is 5.10 Å². The van der Waals surface area contributed by atoms with E-state index in [9.17, 15) is 0 Å². The number of hydrogen-bond acceptors (Lipinski definition) is 4. The van der Waals surface area contributed by atoms with E-state index < -0.39 is 0 Å². The Kier molecular flexibility index (Phi) is 7.87. The molecule has 26 heavy (non-hydrogen) atoms. The molecule has 2 rings (SSSR count). The lowest BCUT2D eigenvalue weighted by atomic mass is 10.2. The Bertz CT molecular complexity index is 779. The Labute approximate surface area is 167 Å². The lowest BCUT2D eigenvalue weighted by molar-refractivity contribution is 0.284. The van der Waals surface area contributed by atoms with E-state index in [0.29, 0.717) is 23.2 Å². The van der Waals surface area contributed by atoms with Crippen molar-refractivity contribution in [3.63, 3.8) is 0 Å². The molecular weight excluding hydrogens is 414 g/mol. The summed E-state index contributed by atoms with van der Waals surface area (Å²) in [6.07, 6.45) is 1.67. The number of methoxy groups -OCH3 is 1. The van der Waals surface area contributed by atoms with Gasteiger partial charge in [-0.1, -0.05) is 29.8 Å². The topological polar surface area (TPSA) is 54.9 Å². The molecule has 0 heterocycles. The van der Waals surface area contributed by atoms with Gasteiger partial charge < -0.3 is 14.8 Å². The van der Waals surface area contributed by atoms with Gasteiger partial charge in [-0.3, -0.25) is 5.43 Å². The van der Waals surface area contributed by atoms with Crippen LogP contribution in [0, 0.1) is 6.92 Å². The van der Waals surface area contributed by atoms with Crippen LogP contribution in [0.5, 0.6) is 11.5 Å². The molecule has 0 spiro atoms. The molecule has 0 aliphatic carbocycles. The summed E-state index contributed by atoms with van der Waals surface area (Å²) in [4.78, 5) is 0. The highest BCUT2D eigenvalue weighted by Gasteiger charge is 2.10. The molecular formula is C19H22BrN3O2S. The zero-order chi connectivity index (χ0) is 18.9. The van der Waals surface area contributed by atoms with Gasteiger partial charge in [-0.25, -0.2) is 0 Å². The molecule has 7 heteroatoms. The third-order valence-corrected chi connectivity index (χ3v) is 4.43. The number of hydrogen-bond donors (Lipinski definition) is 2. The minimum absolute atomic E-state index is 0.467. The molecule has 0 aromatic heterocycles. The quantitative estimate of drug-likeness (QED) is 0.388. The minimum Gasteiger partial charge on any atom is -0.493 e. The number of halogens is 1. The molecule has 2 aromatic rings. The summed E-state index contributed by atoms with van der Waals surface area (Å²) in [5.74, 6) is 1.30. The van der Waals surface area contributed by atoms with E-state index in [2.05, 4.69) is 63.0 Å². The third-order valence-electron chi connectivity index (χ3n) is 3.50. The van der Waals surface area contributed by atoms with Crippen LogP contribution in [0.15, 0.2) is 46.0 Å². The molecule has 5 nitrogen and oxygen atoms in total. The molecule has 0 aliphatic heterocycles. The molecule has 0 bridgehead atoms. The van der Waals surface area contributed by atoms with Crippen molar-refractivity contribution in [1.29, 1.82) is 0 Å². The maximum Gasteiger partial charge on any atom is 0.186 e. The number of aryl methyl sites for hydroxylation is 1. The zero-order valence-corrected chi connectivity index (χ0v) is 17.4. The molecule has 0 radical (unpaired) electrons. The Morgan fingerprint density at radius 1 is 1.23 bits per heavy atom. The highest BCUT2D eigenvalue weighted by atomic mass is 79.9. The molecule has 2 N–H and O–H groups in total. The Balaban J connectivity index is 2.08. The number of ether oxygens (including phenoxy) is 2. The van der Waals surface area contributed by atoms with Gasteiger partial charge in [0.15, 0.2) is 16.6 Å². The van der Waals surface area contributed by atoms with Gasteiger partial charge in [0.2, 0.25) is 0 Å². The van der Waals surface area contributed by atoms with E-state index in [1.165, 1.54) is 5.56 Å². The smallest absolute Gasteiger partial charge is 0.186 e. The first-order chi connectivity index (χ1) is 12.5. The molecule has 0 fully saturated rings. The second kappa shape index (κ2) is 10.1. The SMILES string of the molecule is CCNC(=S)NN=Cc1cc(OC)c(OCc2ccc(C)cc2)cc1Br. The van der Waals surface area contributed by atoms with Crippen molar-refractivity contribution >= 4 is 39.5 Å². The third kappa shape index (κ3) is 6.00. The van der Waals surface area contributed by atoms with Crippen LogP contribution in [0.1, 0.15) is 23.6 Å². The van der Waals surface area contributed by atoms with Gasteiger partial charge in [-0.2, -0.15) is 5.10 Å². The average molecular weight is 436 g/mol. The summed E-state index contributed by atoms with van der Waals surface area (Å²) in [6.45, 7) is 5.24. The van der Waals surface area contributed by atoms with E-state index in [-0.39, 0.29) is 0 Å². The number of hydrazone groups is 1. The van der Waals surface area contributed by atoms with Crippen molar-refractivity contribution in [2.75, 3.05) is 13.7 Å². The molecule has 0 amide bonds. The standard InChI is InChI=1S/C19H22BrN3O2S/c1-4-21-19(26)23-22-11-15-9-17(24-3)18(10-16(15)20)25-12-14-7-5-13(2)6-8-14/h5-11H,4,12H2,1-3H3,(H2,21,23,26). The van der Waals surface area contributed by atoms with Crippen molar-refractivity contribution < 1.29 is 9.47 Å². The van der Waals surface area contributed by atoms with Crippen LogP contribution < -0.4 is 20.2 Å². The molecule has 2 aromatic carbocycles. The Hall–Kier alpha value is -2.12. The molecule has 0 aliphatic rings. The molecule has 0 saturated carbocycles. The summed E-state index contributed by atoms with van der Waals surface area (Å²) in [6, 6.07) is 12.0. The first-order valence-electron chi connectivity index (χ1n) is 8.16. The highest BCUT2D eigenvalue weighted by molar-refractivity contribution is 9.10. The lowest BCUT2D eigenvalue weighted by Gasteiger charge is -2.13. The number of benzene rings is 2. The average Bonchev–Trinajstić information content (AvgIpc) is 2.63. The maximum atomic E-state index is 5.92.